The van der Waals surface area contributed by atoms with Gasteiger partial charge in [-0.05, 0) is 42.7 Å². The van der Waals surface area contributed by atoms with Crippen molar-refractivity contribution >= 4 is 22.8 Å². The topological polar surface area (TPSA) is 72.3 Å². The smallest absolute Gasteiger partial charge is 0.321 e. The van der Waals surface area contributed by atoms with E-state index >= 15 is 0 Å². The van der Waals surface area contributed by atoms with E-state index in [1.54, 1.807) is 18.7 Å². The van der Waals surface area contributed by atoms with Crippen LogP contribution in [0.15, 0.2) is 49.1 Å². The minimum atomic E-state index is -0.0973. The predicted octanol–water partition coefficient (Wildman–Crippen LogP) is 3.18. The van der Waals surface area contributed by atoms with Crippen LogP contribution in [0, 0.1) is 0 Å². The first-order valence-electron chi connectivity index (χ1n) is 9.16. The number of amides is 2. The van der Waals surface area contributed by atoms with E-state index in [0.717, 1.165) is 41.7 Å². The summed E-state index contributed by atoms with van der Waals surface area (Å²) in [4.78, 5) is 22.9. The lowest BCUT2D eigenvalue weighted by Crippen LogP contribution is -2.45. The number of ether oxygens (including phenoxy) is 1. The molecule has 1 fully saturated rings. The fourth-order valence-corrected chi connectivity index (χ4v) is 3.37. The first-order chi connectivity index (χ1) is 13.2. The second kappa shape index (κ2) is 7.75. The number of urea groups is 1. The largest absolute Gasteiger partial charge is 0.372 e. The molecule has 27 heavy (non-hydrogen) atoms. The molecule has 4 rings (SSSR count). The first-order valence-corrected chi connectivity index (χ1v) is 9.16. The van der Waals surface area contributed by atoms with Crippen molar-refractivity contribution in [2.24, 2.45) is 7.05 Å². The van der Waals surface area contributed by atoms with Crippen molar-refractivity contribution in [1.82, 2.24) is 19.4 Å². The molecule has 0 saturated carbocycles. The summed E-state index contributed by atoms with van der Waals surface area (Å²) in [5, 5.41) is 2.98. The summed E-state index contributed by atoms with van der Waals surface area (Å²) in [7, 11) is 1.95. The highest BCUT2D eigenvalue weighted by Gasteiger charge is 2.24. The number of nitrogens with one attached hydrogen (secondary N) is 1. The quantitative estimate of drug-likeness (QED) is 0.771. The summed E-state index contributed by atoms with van der Waals surface area (Å²) in [6, 6.07) is 9.57. The lowest BCUT2D eigenvalue weighted by molar-refractivity contribution is 0.000916. The molecular weight excluding hydrogens is 342 g/mol. The maximum Gasteiger partial charge on any atom is 0.321 e. The Hall–Kier alpha value is -2.93. The van der Waals surface area contributed by atoms with Gasteiger partial charge in [-0.1, -0.05) is 6.07 Å². The molecule has 1 aliphatic heterocycles. The summed E-state index contributed by atoms with van der Waals surface area (Å²) in [6.07, 6.45) is 7.27. The molecule has 0 radical (unpaired) electrons. The number of fused-ring (bicyclic) bond motifs is 1. The molecule has 3 heterocycles. The van der Waals surface area contributed by atoms with Gasteiger partial charge in [0.05, 0.1) is 30.1 Å². The van der Waals surface area contributed by atoms with Gasteiger partial charge in [-0.3, -0.25) is 4.98 Å². The van der Waals surface area contributed by atoms with E-state index in [1.165, 1.54) is 0 Å². The molecule has 3 aromatic rings. The zero-order chi connectivity index (χ0) is 18.6. The molecule has 2 amide bonds. The van der Waals surface area contributed by atoms with Crippen molar-refractivity contribution in [3.05, 3.63) is 54.6 Å². The molecule has 140 valence electrons. The second-order valence-electron chi connectivity index (χ2n) is 6.87. The second-order valence-corrected chi connectivity index (χ2v) is 6.87. The Labute approximate surface area is 158 Å². The van der Waals surface area contributed by atoms with Crippen LogP contribution in [0.4, 0.5) is 10.5 Å². The van der Waals surface area contributed by atoms with Crippen LogP contribution < -0.4 is 5.32 Å². The number of aromatic nitrogens is 3. The average molecular weight is 365 g/mol. The van der Waals surface area contributed by atoms with Crippen LogP contribution in [-0.4, -0.2) is 44.7 Å². The van der Waals surface area contributed by atoms with Gasteiger partial charge < -0.3 is 19.5 Å². The van der Waals surface area contributed by atoms with Crippen molar-refractivity contribution in [3.8, 4) is 0 Å². The lowest BCUT2D eigenvalue weighted by Gasteiger charge is -2.32. The van der Waals surface area contributed by atoms with Crippen LogP contribution in [0.3, 0.4) is 0 Å². The fraction of sp³-hybridized carbons (Fsp3) is 0.350. The monoisotopic (exact) mass is 365 g/mol. The number of aryl methyl sites for hydroxylation is 1. The number of benzene rings is 1. The number of rotatable bonds is 4. The molecule has 1 N–H and O–H groups in total. The van der Waals surface area contributed by atoms with Crippen LogP contribution in [0.2, 0.25) is 0 Å². The Morgan fingerprint density at radius 1 is 1.37 bits per heavy atom. The number of likely N-dealkylation sites (tertiary alicyclic amines) is 1. The Morgan fingerprint density at radius 3 is 3.15 bits per heavy atom. The van der Waals surface area contributed by atoms with Gasteiger partial charge in [0.2, 0.25) is 0 Å². The van der Waals surface area contributed by atoms with E-state index in [9.17, 15) is 4.79 Å². The van der Waals surface area contributed by atoms with Gasteiger partial charge in [-0.2, -0.15) is 0 Å². The lowest BCUT2D eigenvalue weighted by atomic mass is 10.1. The number of anilines is 1. The molecule has 7 nitrogen and oxygen atoms in total. The Bertz CT molecular complexity index is 925. The molecule has 0 aliphatic carbocycles. The van der Waals surface area contributed by atoms with Gasteiger partial charge in [0.15, 0.2) is 0 Å². The number of hydrogen-bond donors (Lipinski definition) is 1. The number of hydrogen-bond acceptors (Lipinski definition) is 4. The van der Waals surface area contributed by atoms with Gasteiger partial charge in [0.25, 0.3) is 0 Å². The van der Waals surface area contributed by atoms with Crippen molar-refractivity contribution in [2.75, 3.05) is 18.4 Å². The van der Waals surface area contributed by atoms with Gasteiger partial charge in [0.1, 0.15) is 0 Å². The zero-order valence-corrected chi connectivity index (χ0v) is 15.3. The third kappa shape index (κ3) is 4.09. The van der Waals surface area contributed by atoms with Crippen molar-refractivity contribution < 1.29 is 9.53 Å². The summed E-state index contributed by atoms with van der Waals surface area (Å²) in [5.41, 5.74) is 3.70. The molecule has 7 heteroatoms. The highest BCUT2D eigenvalue weighted by Crippen LogP contribution is 2.20. The molecule has 0 unspecified atom stereocenters. The minimum Gasteiger partial charge on any atom is -0.372 e. The predicted molar refractivity (Wildman–Crippen MR) is 103 cm³/mol. The summed E-state index contributed by atoms with van der Waals surface area (Å²) < 4.78 is 7.94. The van der Waals surface area contributed by atoms with E-state index < -0.39 is 0 Å². The maximum absolute atomic E-state index is 12.7. The molecule has 1 aliphatic rings. The summed E-state index contributed by atoms with van der Waals surface area (Å²) in [5.74, 6) is 0. The molecule has 1 aromatic carbocycles. The van der Waals surface area contributed by atoms with Crippen molar-refractivity contribution in [1.29, 1.82) is 0 Å². The van der Waals surface area contributed by atoms with Crippen LogP contribution in [0.25, 0.3) is 11.0 Å². The van der Waals surface area contributed by atoms with Crippen LogP contribution >= 0.6 is 0 Å². The van der Waals surface area contributed by atoms with Crippen LogP contribution in [0.1, 0.15) is 18.4 Å². The highest BCUT2D eigenvalue weighted by atomic mass is 16.5. The van der Waals surface area contributed by atoms with Gasteiger partial charge >= 0.3 is 6.03 Å². The highest BCUT2D eigenvalue weighted by molar-refractivity contribution is 5.92. The maximum atomic E-state index is 12.7. The van der Waals surface area contributed by atoms with Gasteiger partial charge in [-0.15, -0.1) is 0 Å². The molecule has 0 bridgehead atoms. The fourth-order valence-electron chi connectivity index (χ4n) is 3.37. The number of piperidine rings is 1. The van der Waals surface area contributed by atoms with E-state index in [0.29, 0.717) is 13.2 Å². The van der Waals surface area contributed by atoms with E-state index in [2.05, 4.69) is 15.3 Å². The van der Waals surface area contributed by atoms with E-state index in [1.807, 2.05) is 46.8 Å². The summed E-state index contributed by atoms with van der Waals surface area (Å²) in [6.45, 7) is 1.85. The van der Waals surface area contributed by atoms with Crippen LogP contribution in [-0.2, 0) is 18.4 Å². The number of imidazole rings is 1. The molecule has 0 spiro atoms. The molecule has 1 saturated heterocycles. The van der Waals surface area contributed by atoms with Gasteiger partial charge in [0, 0.05) is 38.2 Å². The van der Waals surface area contributed by atoms with Gasteiger partial charge in [-0.25, -0.2) is 9.78 Å². The number of carbonyl (C=O) groups excluding carboxylic acids is 1. The number of nitrogens with zero attached hydrogens (tertiary/aromatic N) is 4. The SMILES string of the molecule is Cn1cnc2cc(NC(=O)N3CCC[C@@H](OCc4cccnc4)C3)ccc21. The number of pyridine rings is 1. The first kappa shape index (κ1) is 17.5. The minimum absolute atomic E-state index is 0.0444. The van der Waals surface area contributed by atoms with Crippen molar-refractivity contribution in [3.63, 3.8) is 0 Å². The summed E-state index contributed by atoms with van der Waals surface area (Å²) >= 11 is 0. The van der Waals surface area contributed by atoms with E-state index in [-0.39, 0.29) is 12.1 Å². The number of carbonyl (C=O) groups is 1. The normalized spacial score (nSPS) is 17.2. The third-order valence-electron chi connectivity index (χ3n) is 4.85. The molecule has 1 atom stereocenters. The Balaban J connectivity index is 1.34. The zero-order valence-electron chi connectivity index (χ0n) is 15.3. The Kier molecular flexibility index (Phi) is 5.02. The standard InChI is InChI=1S/C20H23N5O2/c1-24-14-22-18-10-16(6-7-19(18)24)23-20(26)25-9-3-5-17(12-25)27-13-15-4-2-8-21-11-15/h2,4,6-8,10-11,14,17H,3,5,9,12-13H2,1H3,(H,23,26)/t17-/m1/s1. The van der Waals surface area contributed by atoms with E-state index in [4.69, 9.17) is 4.74 Å². The third-order valence-corrected chi connectivity index (χ3v) is 4.85. The molecular formula is C20H23N5O2. The Morgan fingerprint density at radius 2 is 2.30 bits per heavy atom. The van der Waals surface area contributed by atoms with Crippen molar-refractivity contribution in [2.45, 2.75) is 25.6 Å². The molecule has 2 aromatic heterocycles. The van der Waals surface area contributed by atoms with Crippen LogP contribution in [0.5, 0.6) is 0 Å². The average Bonchev–Trinajstić information content (AvgIpc) is 3.07.